The van der Waals surface area contributed by atoms with Crippen LogP contribution in [-0.4, -0.2) is 47.0 Å². The van der Waals surface area contributed by atoms with Crippen LogP contribution in [0.2, 0.25) is 0 Å². The van der Waals surface area contributed by atoms with Crippen molar-refractivity contribution in [1.82, 2.24) is 9.88 Å². The number of rotatable bonds is 4. The molecule has 0 amide bonds. The van der Waals surface area contributed by atoms with Gasteiger partial charge in [0, 0.05) is 38.3 Å². The quantitative estimate of drug-likeness (QED) is 0.505. The number of benzene rings is 1. The highest BCUT2D eigenvalue weighted by Gasteiger charge is 2.35. The van der Waals surface area contributed by atoms with Crippen LogP contribution in [0.5, 0.6) is 0 Å². The van der Waals surface area contributed by atoms with Crippen molar-refractivity contribution in [3.63, 3.8) is 0 Å². The van der Waals surface area contributed by atoms with Gasteiger partial charge >= 0.3 is 17.9 Å². The normalized spacial score (nSPS) is 21.2. The number of non-ortho nitro benzene ring substituents is 1. The largest absolute Gasteiger partial charge is 0.417 e. The van der Waals surface area contributed by atoms with E-state index in [0.717, 1.165) is 13.1 Å². The third-order valence-electron chi connectivity index (χ3n) is 6.47. The summed E-state index contributed by atoms with van der Waals surface area (Å²) in [6.07, 6.45) is 1.45. The average molecular weight is 454 g/mol. The molecule has 174 valence electrons. The summed E-state index contributed by atoms with van der Waals surface area (Å²) < 4.78 is 44.9. The summed E-state index contributed by atoms with van der Waals surface area (Å²) >= 11 is 0. The molecular weight excluding hydrogens is 429 g/mol. The fourth-order valence-electron chi connectivity index (χ4n) is 4.72. The van der Waals surface area contributed by atoms with Gasteiger partial charge in [0.2, 0.25) is 5.58 Å². The van der Waals surface area contributed by atoms with Gasteiger partial charge in [0.05, 0.1) is 15.9 Å². The first-order valence-electron chi connectivity index (χ1n) is 10.8. The minimum Gasteiger partial charge on any atom is -0.417 e. The molecule has 1 aliphatic heterocycles. The third kappa shape index (κ3) is 4.57. The smallest absolute Gasteiger partial charge is 0.416 e. The van der Waals surface area contributed by atoms with E-state index in [-0.39, 0.29) is 12.1 Å². The van der Waals surface area contributed by atoms with E-state index in [1.54, 1.807) is 4.90 Å². The predicted molar refractivity (Wildman–Crippen MR) is 112 cm³/mol. The van der Waals surface area contributed by atoms with Gasteiger partial charge in [0.1, 0.15) is 0 Å². The topological polar surface area (TPSA) is 92.7 Å². The zero-order valence-electron chi connectivity index (χ0n) is 17.7. The van der Waals surface area contributed by atoms with Gasteiger partial charge in [-0.2, -0.15) is 18.2 Å². The lowest BCUT2D eigenvalue weighted by atomic mass is 9.88. The van der Waals surface area contributed by atoms with Crippen LogP contribution in [0, 0.1) is 16.0 Å². The van der Waals surface area contributed by atoms with E-state index in [1.807, 2.05) is 0 Å². The molecule has 1 aromatic heterocycles. The molecular formula is C21H25F3N4O4. The average Bonchev–Trinajstić information content (AvgIpc) is 2.74. The summed E-state index contributed by atoms with van der Waals surface area (Å²) in [5.41, 5.74) is -3.66. The van der Waals surface area contributed by atoms with Crippen LogP contribution in [0.25, 0.3) is 11.0 Å². The summed E-state index contributed by atoms with van der Waals surface area (Å²) in [6.45, 7) is 4.80. The zero-order valence-corrected chi connectivity index (χ0v) is 17.7. The third-order valence-corrected chi connectivity index (χ3v) is 6.47. The number of hydrogen-bond donors (Lipinski definition) is 0. The standard InChI is InChI=1S/C21H25F3N4O4/c1-13-11-27(8-7-26(13)12-14-5-3-2-4-6-14)20-25-19(29)16-9-15(21(22,23)24)10-17(28(30)31)18(16)32-20/h9-10,13-14H,2-8,11-12H2,1H3. The van der Waals surface area contributed by atoms with E-state index in [1.165, 1.54) is 32.1 Å². The fourth-order valence-corrected chi connectivity index (χ4v) is 4.72. The Labute approximate surface area is 182 Å². The molecule has 1 saturated carbocycles. The van der Waals surface area contributed by atoms with Crippen molar-refractivity contribution in [2.45, 2.75) is 51.2 Å². The molecule has 1 aliphatic carbocycles. The second-order valence-electron chi connectivity index (χ2n) is 8.72. The Morgan fingerprint density at radius 2 is 1.94 bits per heavy atom. The molecule has 0 N–H and O–H groups in total. The number of nitro benzene ring substituents is 1. The van der Waals surface area contributed by atoms with Crippen LogP contribution in [0.15, 0.2) is 21.3 Å². The first-order chi connectivity index (χ1) is 15.1. The lowest BCUT2D eigenvalue weighted by molar-refractivity contribution is -0.383. The maximum atomic E-state index is 13.1. The number of nitrogens with zero attached hydrogens (tertiary/aromatic N) is 4. The van der Waals surface area contributed by atoms with Crippen molar-refractivity contribution < 1.29 is 22.5 Å². The second-order valence-corrected chi connectivity index (χ2v) is 8.72. The van der Waals surface area contributed by atoms with Crippen molar-refractivity contribution in [3.8, 4) is 0 Å². The lowest BCUT2D eigenvalue weighted by Gasteiger charge is -2.41. The molecule has 1 aromatic carbocycles. The minimum absolute atomic E-state index is 0.102. The van der Waals surface area contributed by atoms with Crippen LogP contribution >= 0.6 is 0 Å². The number of anilines is 1. The summed E-state index contributed by atoms with van der Waals surface area (Å²) in [6, 6.07) is 0.987. The van der Waals surface area contributed by atoms with Crippen molar-refractivity contribution in [2.24, 2.45) is 5.92 Å². The van der Waals surface area contributed by atoms with Gasteiger partial charge in [-0.05, 0) is 31.7 Å². The van der Waals surface area contributed by atoms with Crippen molar-refractivity contribution >= 4 is 22.7 Å². The number of nitro groups is 1. The Bertz CT molecular complexity index is 1070. The minimum atomic E-state index is -4.84. The molecule has 1 saturated heterocycles. The van der Waals surface area contributed by atoms with Crippen LogP contribution in [0.3, 0.4) is 0 Å². The summed E-state index contributed by atoms with van der Waals surface area (Å²) in [7, 11) is 0. The highest BCUT2D eigenvalue weighted by molar-refractivity contribution is 5.86. The van der Waals surface area contributed by atoms with Crippen molar-refractivity contribution in [1.29, 1.82) is 0 Å². The Morgan fingerprint density at radius 3 is 2.56 bits per heavy atom. The molecule has 2 aliphatic rings. The first kappa shape index (κ1) is 22.5. The van der Waals surface area contributed by atoms with Gasteiger partial charge in [-0.15, -0.1) is 0 Å². The van der Waals surface area contributed by atoms with Gasteiger partial charge in [0.25, 0.3) is 5.56 Å². The van der Waals surface area contributed by atoms with Crippen molar-refractivity contribution in [3.05, 3.63) is 38.2 Å². The lowest BCUT2D eigenvalue weighted by Crippen LogP contribution is -2.53. The van der Waals surface area contributed by atoms with Gasteiger partial charge in [-0.1, -0.05) is 19.3 Å². The molecule has 1 atom stereocenters. The van der Waals surface area contributed by atoms with Crippen molar-refractivity contribution in [2.75, 3.05) is 31.1 Å². The number of aromatic nitrogens is 1. The zero-order chi connectivity index (χ0) is 23.0. The van der Waals surface area contributed by atoms with Gasteiger partial charge in [-0.3, -0.25) is 19.8 Å². The monoisotopic (exact) mass is 454 g/mol. The molecule has 2 fully saturated rings. The Morgan fingerprint density at radius 1 is 1.22 bits per heavy atom. The number of piperazine rings is 1. The molecule has 0 bridgehead atoms. The summed E-state index contributed by atoms with van der Waals surface area (Å²) in [5, 5.41) is 10.9. The summed E-state index contributed by atoms with van der Waals surface area (Å²) in [5.74, 6) is 0.681. The molecule has 11 heteroatoms. The Kier molecular flexibility index (Phi) is 6.11. The number of alkyl halides is 3. The van der Waals surface area contributed by atoms with Crippen LogP contribution in [0.4, 0.5) is 24.9 Å². The molecule has 2 heterocycles. The van der Waals surface area contributed by atoms with E-state index in [9.17, 15) is 28.1 Å². The molecule has 2 aromatic rings. The Hall–Kier alpha value is -2.69. The Balaban J connectivity index is 1.60. The predicted octanol–water partition coefficient (Wildman–Crippen LogP) is 4.21. The van der Waals surface area contributed by atoms with Gasteiger partial charge in [0.15, 0.2) is 0 Å². The van der Waals surface area contributed by atoms with E-state index < -0.39 is 38.9 Å². The van der Waals surface area contributed by atoms with Crippen LogP contribution < -0.4 is 10.5 Å². The van der Waals surface area contributed by atoms with Gasteiger partial charge in [-0.25, -0.2) is 0 Å². The first-order valence-corrected chi connectivity index (χ1v) is 10.8. The maximum Gasteiger partial charge on any atom is 0.416 e. The highest BCUT2D eigenvalue weighted by Crippen LogP contribution is 2.36. The SMILES string of the molecule is CC1CN(c2nc(=O)c3cc(C(F)(F)F)cc([N+](=O)[O-])c3o2)CCN1CC1CCCCC1. The molecule has 4 rings (SSSR count). The number of hydrogen-bond acceptors (Lipinski definition) is 7. The molecule has 1 unspecified atom stereocenters. The highest BCUT2D eigenvalue weighted by atomic mass is 19.4. The number of fused-ring (bicyclic) bond motifs is 1. The molecule has 8 nitrogen and oxygen atoms in total. The fraction of sp³-hybridized carbons (Fsp3) is 0.619. The van der Waals surface area contributed by atoms with E-state index in [2.05, 4.69) is 16.8 Å². The number of halogens is 3. The van der Waals surface area contributed by atoms with E-state index in [4.69, 9.17) is 4.42 Å². The summed E-state index contributed by atoms with van der Waals surface area (Å²) in [4.78, 5) is 30.9. The van der Waals surface area contributed by atoms with Crippen LogP contribution in [-0.2, 0) is 6.18 Å². The molecule has 32 heavy (non-hydrogen) atoms. The second kappa shape index (κ2) is 8.68. The van der Waals surface area contributed by atoms with E-state index in [0.29, 0.717) is 31.1 Å². The molecule has 0 spiro atoms. The maximum absolute atomic E-state index is 13.1. The molecule has 0 radical (unpaired) electrons. The van der Waals surface area contributed by atoms with Gasteiger partial charge < -0.3 is 9.32 Å². The van der Waals surface area contributed by atoms with Crippen LogP contribution in [0.1, 0.15) is 44.6 Å². The van der Waals surface area contributed by atoms with E-state index >= 15 is 0 Å².